The van der Waals surface area contributed by atoms with Gasteiger partial charge in [-0.15, -0.1) is 0 Å². The van der Waals surface area contributed by atoms with Gasteiger partial charge in [0.25, 0.3) is 0 Å². The molecule has 2 heteroatoms. The van der Waals surface area contributed by atoms with Gasteiger partial charge in [0.2, 0.25) is 0 Å². The first-order valence-corrected chi connectivity index (χ1v) is 8.64. The molecule has 1 aliphatic carbocycles. The van der Waals surface area contributed by atoms with Crippen molar-refractivity contribution in [2.24, 2.45) is 4.99 Å². The van der Waals surface area contributed by atoms with E-state index in [1.807, 2.05) is 66.9 Å². The highest BCUT2D eigenvalue weighted by Gasteiger charge is 2.30. The lowest BCUT2D eigenvalue weighted by molar-refractivity contribution is 0.0899. The Labute approximate surface area is 138 Å². The van der Waals surface area contributed by atoms with Gasteiger partial charge in [-0.2, -0.15) is 0 Å². The van der Waals surface area contributed by atoms with Crippen LogP contribution in [-0.2, 0) is 5.60 Å². The van der Waals surface area contributed by atoms with Crippen molar-refractivity contribution in [3.05, 3.63) is 71.8 Å². The van der Waals surface area contributed by atoms with Crippen molar-refractivity contribution in [2.45, 2.75) is 50.2 Å². The van der Waals surface area contributed by atoms with Crippen molar-refractivity contribution in [3.8, 4) is 0 Å². The van der Waals surface area contributed by atoms with E-state index in [-0.39, 0.29) is 0 Å². The Morgan fingerprint density at radius 1 is 0.870 bits per heavy atom. The molecule has 120 valence electrons. The van der Waals surface area contributed by atoms with Crippen LogP contribution in [0.3, 0.4) is 0 Å². The van der Waals surface area contributed by atoms with Crippen molar-refractivity contribution in [1.29, 1.82) is 0 Å². The van der Waals surface area contributed by atoms with Gasteiger partial charge in [-0.05, 0) is 24.0 Å². The zero-order valence-electron chi connectivity index (χ0n) is 13.6. The van der Waals surface area contributed by atoms with Crippen LogP contribution in [0.15, 0.2) is 65.7 Å². The van der Waals surface area contributed by atoms with E-state index in [0.29, 0.717) is 12.5 Å². The molecule has 1 N–H and O–H groups in total. The van der Waals surface area contributed by atoms with Gasteiger partial charge in [-0.3, -0.25) is 4.99 Å². The molecule has 2 aromatic rings. The van der Waals surface area contributed by atoms with Crippen LogP contribution in [0.1, 0.15) is 49.7 Å². The number of nitrogens with zero attached hydrogens (tertiary/aromatic N) is 1. The predicted octanol–water partition coefficient (Wildman–Crippen LogP) is 4.72. The molecule has 0 aromatic heterocycles. The molecule has 0 spiro atoms. The third-order valence-electron chi connectivity index (χ3n) is 4.78. The maximum absolute atomic E-state index is 11.4. The molecule has 1 saturated carbocycles. The quantitative estimate of drug-likeness (QED) is 0.797. The Balaban J connectivity index is 1.82. The lowest BCUT2D eigenvalue weighted by atomic mass is 9.84. The molecule has 1 fully saturated rings. The molecule has 0 heterocycles. The molecule has 0 unspecified atom stereocenters. The van der Waals surface area contributed by atoms with Crippen LogP contribution in [0.5, 0.6) is 0 Å². The lowest BCUT2D eigenvalue weighted by Crippen LogP contribution is -2.28. The Morgan fingerprint density at radius 3 is 1.91 bits per heavy atom. The summed E-state index contributed by atoms with van der Waals surface area (Å²) in [5, 5.41) is 11.4. The van der Waals surface area contributed by atoms with Crippen LogP contribution in [0.25, 0.3) is 0 Å². The lowest BCUT2D eigenvalue weighted by Gasteiger charge is -2.28. The normalized spacial score (nSPS) is 16.7. The van der Waals surface area contributed by atoms with Crippen molar-refractivity contribution < 1.29 is 5.11 Å². The van der Waals surface area contributed by atoms with Crippen LogP contribution in [0.2, 0.25) is 0 Å². The van der Waals surface area contributed by atoms with E-state index in [1.165, 1.54) is 32.1 Å². The first kappa shape index (κ1) is 15.9. The zero-order valence-corrected chi connectivity index (χ0v) is 13.6. The predicted molar refractivity (Wildman–Crippen MR) is 95.9 cm³/mol. The number of rotatable bonds is 5. The molecule has 3 rings (SSSR count). The maximum Gasteiger partial charge on any atom is 0.119 e. The van der Waals surface area contributed by atoms with E-state index in [9.17, 15) is 5.11 Å². The van der Waals surface area contributed by atoms with Crippen molar-refractivity contribution in [3.63, 3.8) is 0 Å². The minimum Gasteiger partial charge on any atom is -0.380 e. The Hall–Kier alpha value is -1.93. The first-order chi connectivity index (χ1) is 11.3. The average Bonchev–Trinajstić information content (AvgIpc) is 2.64. The number of aliphatic imine (C=N–C) groups is 1. The molecule has 23 heavy (non-hydrogen) atoms. The summed E-state index contributed by atoms with van der Waals surface area (Å²) < 4.78 is 0. The highest BCUT2D eigenvalue weighted by Crippen LogP contribution is 2.32. The number of benzene rings is 2. The molecule has 0 amide bonds. The minimum absolute atomic E-state index is 0.444. The van der Waals surface area contributed by atoms with Gasteiger partial charge >= 0.3 is 0 Å². The molecule has 0 atom stereocenters. The summed E-state index contributed by atoms with van der Waals surface area (Å²) in [5.74, 6) is 0. The zero-order chi connectivity index (χ0) is 16.0. The van der Waals surface area contributed by atoms with Gasteiger partial charge in [0.05, 0.1) is 0 Å². The Morgan fingerprint density at radius 2 is 1.39 bits per heavy atom. The summed E-state index contributed by atoms with van der Waals surface area (Å²) in [4.78, 5) is 4.73. The van der Waals surface area contributed by atoms with Crippen LogP contribution in [-0.4, -0.2) is 17.4 Å². The summed E-state index contributed by atoms with van der Waals surface area (Å²) in [5.41, 5.74) is 0.823. The van der Waals surface area contributed by atoms with Gasteiger partial charge in [0.15, 0.2) is 0 Å². The molecule has 0 bridgehead atoms. The van der Waals surface area contributed by atoms with Gasteiger partial charge < -0.3 is 5.11 Å². The van der Waals surface area contributed by atoms with E-state index >= 15 is 0 Å². The summed E-state index contributed by atoms with van der Waals surface area (Å²) in [6.07, 6.45) is 8.72. The average molecular weight is 307 g/mol. The first-order valence-electron chi connectivity index (χ1n) is 8.64. The minimum atomic E-state index is -1.01. The van der Waals surface area contributed by atoms with Crippen LogP contribution >= 0.6 is 0 Å². The summed E-state index contributed by atoms with van der Waals surface area (Å²) >= 11 is 0. The van der Waals surface area contributed by atoms with Gasteiger partial charge in [-0.25, -0.2) is 0 Å². The van der Waals surface area contributed by atoms with Gasteiger partial charge in [0, 0.05) is 18.7 Å². The second-order valence-corrected chi connectivity index (χ2v) is 6.42. The van der Waals surface area contributed by atoms with Crippen LogP contribution < -0.4 is 0 Å². The maximum atomic E-state index is 11.4. The molecule has 0 radical (unpaired) electrons. The van der Waals surface area contributed by atoms with E-state index < -0.39 is 5.60 Å². The molecule has 1 aliphatic rings. The summed E-state index contributed by atoms with van der Waals surface area (Å²) in [6, 6.07) is 20.2. The fraction of sp³-hybridized carbons (Fsp3) is 0.381. The fourth-order valence-electron chi connectivity index (χ4n) is 3.39. The SMILES string of the molecule is OC(CC=NC1CCCCC1)(c1ccccc1)c1ccccc1. The van der Waals surface area contributed by atoms with Crippen molar-refractivity contribution in [2.75, 3.05) is 0 Å². The topological polar surface area (TPSA) is 32.6 Å². The van der Waals surface area contributed by atoms with Gasteiger partial charge in [-0.1, -0.05) is 79.9 Å². The van der Waals surface area contributed by atoms with E-state index in [4.69, 9.17) is 4.99 Å². The number of hydrogen-bond donors (Lipinski definition) is 1. The Kier molecular flexibility index (Phi) is 5.24. The van der Waals surface area contributed by atoms with Crippen LogP contribution in [0, 0.1) is 0 Å². The highest BCUT2D eigenvalue weighted by molar-refractivity contribution is 5.62. The van der Waals surface area contributed by atoms with E-state index in [1.54, 1.807) is 0 Å². The summed E-state index contributed by atoms with van der Waals surface area (Å²) in [6.45, 7) is 0. The molecule has 0 saturated heterocycles. The van der Waals surface area contributed by atoms with Gasteiger partial charge in [0.1, 0.15) is 5.60 Å². The van der Waals surface area contributed by atoms with E-state index in [2.05, 4.69) is 0 Å². The molecule has 2 nitrogen and oxygen atoms in total. The number of hydrogen-bond acceptors (Lipinski definition) is 2. The second kappa shape index (κ2) is 7.56. The molecular formula is C21H25NO. The number of aliphatic hydroxyl groups is 1. The molecular weight excluding hydrogens is 282 g/mol. The largest absolute Gasteiger partial charge is 0.380 e. The Bertz CT molecular complexity index is 575. The monoisotopic (exact) mass is 307 g/mol. The smallest absolute Gasteiger partial charge is 0.119 e. The second-order valence-electron chi connectivity index (χ2n) is 6.42. The van der Waals surface area contributed by atoms with Crippen molar-refractivity contribution >= 4 is 6.21 Å². The van der Waals surface area contributed by atoms with E-state index in [0.717, 1.165) is 11.1 Å². The van der Waals surface area contributed by atoms with Crippen molar-refractivity contribution in [1.82, 2.24) is 0 Å². The summed E-state index contributed by atoms with van der Waals surface area (Å²) in [7, 11) is 0. The highest BCUT2D eigenvalue weighted by atomic mass is 16.3. The third-order valence-corrected chi connectivity index (χ3v) is 4.78. The van der Waals surface area contributed by atoms with Crippen LogP contribution in [0.4, 0.5) is 0 Å². The molecule has 2 aromatic carbocycles. The third kappa shape index (κ3) is 3.89. The molecule has 0 aliphatic heterocycles. The standard InChI is InChI=1S/C21H25NO/c23-21(18-10-4-1-5-11-18,19-12-6-2-7-13-19)16-17-22-20-14-8-3-9-15-20/h1-2,4-7,10-13,17,20,23H,3,8-9,14-16H2. The fourth-order valence-corrected chi connectivity index (χ4v) is 3.39.